The first kappa shape index (κ1) is 30.3. The van der Waals surface area contributed by atoms with Crippen molar-refractivity contribution in [3.8, 4) is 0 Å². The molecule has 0 spiro atoms. The number of nitrogens with one attached hydrogen (secondary N) is 1. The highest BCUT2D eigenvalue weighted by Crippen LogP contribution is 2.49. The van der Waals surface area contributed by atoms with Gasteiger partial charge in [0.25, 0.3) is 0 Å². The van der Waals surface area contributed by atoms with Crippen molar-refractivity contribution < 1.29 is 38.5 Å². The molecule has 1 unspecified atom stereocenters. The van der Waals surface area contributed by atoms with Gasteiger partial charge in [0.05, 0.1) is 31.6 Å². The lowest BCUT2D eigenvalue weighted by atomic mass is 9.96. The van der Waals surface area contributed by atoms with Crippen LogP contribution in [0.4, 0.5) is 11.5 Å². The molecule has 1 aliphatic rings. The van der Waals surface area contributed by atoms with Crippen LogP contribution >= 0.6 is 19.5 Å². The van der Waals surface area contributed by atoms with Crippen LogP contribution in [-0.4, -0.2) is 83.3 Å². The third kappa shape index (κ3) is 6.47. The predicted octanol–water partition coefficient (Wildman–Crippen LogP) is 1.95. The number of aliphatic hydroxyl groups excluding tert-OH is 2. The molecule has 1 aliphatic heterocycles. The van der Waals surface area contributed by atoms with Gasteiger partial charge in [-0.15, -0.1) is 0 Å². The van der Waals surface area contributed by atoms with Crippen LogP contribution in [0, 0.1) is 5.41 Å². The zero-order valence-electron chi connectivity index (χ0n) is 22.2. The molecule has 0 aliphatic carbocycles. The van der Waals surface area contributed by atoms with Gasteiger partial charge in [-0.2, -0.15) is 0 Å². The highest BCUT2D eigenvalue weighted by molar-refractivity contribution is 8.13. The van der Waals surface area contributed by atoms with Gasteiger partial charge >= 0.3 is 7.75 Å². The monoisotopic (exact) mass is 596 g/mol. The Kier molecular flexibility index (Phi) is 9.17. The van der Waals surface area contributed by atoms with Crippen LogP contribution < -0.4 is 10.8 Å². The van der Waals surface area contributed by atoms with E-state index in [2.05, 4.69) is 20.0 Å². The van der Waals surface area contributed by atoms with Crippen LogP contribution in [-0.2, 0) is 23.1 Å². The number of para-hydroxylation sites is 1. The standard InChI is InChI=1S/C24H33N6O8PS/c1-23(2,12-31)22(33)40-10-9-36-39(35,29-15-7-5-4-6-8-15)37-11-16-18(32)24(3,34)21(38-16)30-14-28-17-19(25)26-13-27-20(17)30/h4-8,13-14,16,18,21,31-32,34H,9-12H2,1-3H3,(H,29,35)(H2,25,26,27)/t16-,18-,21-,24-,39?/m1/s1. The quantitative estimate of drug-likeness (QED) is 0.150. The molecule has 0 bridgehead atoms. The maximum Gasteiger partial charge on any atom is 0.432 e. The minimum atomic E-state index is -4.05. The summed E-state index contributed by atoms with van der Waals surface area (Å²) >= 11 is 0.945. The zero-order chi connectivity index (χ0) is 29.1. The summed E-state index contributed by atoms with van der Waals surface area (Å²) in [5.41, 5.74) is 4.18. The number of imidazole rings is 1. The van der Waals surface area contributed by atoms with E-state index < -0.39 is 43.8 Å². The van der Waals surface area contributed by atoms with Crippen molar-refractivity contribution in [1.29, 1.82) is 0 Å². The van der Waals surface area contributed by atoms with Gasteiger partial charge in [-0.1, -0.05) is 30.0 Å². The third-order valence-corrected chi connectivity index (χ3v) is 9.10. The fourth-order valence-corrected chi connectivity index (χ4v) is 6.19. The number of fused-ring (bicyclic) bond motifs is 1. The molecule has 6 N–H and O–H groups in total. The number of ether oxygens (including phenoxy) is 1. The summed E-state index contributed by atoms with van der Waals surface area (Å²) in [5, 5.41) is 34.0. The first-order chi connectivity index (χ1) is 18.9. The molecule has 218 valence electrons. The van der Waals surface area contributed by atoms with E-state index in [-0.39, 0.29) is 29.9 Å². The van der Waals surface area contributed by atoms with Crippen LogP contribution in [0.15, 0.2) is 43.0 Å². The number of carbonyl (C=O) groups is 1. The number of nitrogens with two attached hydrogens (primary N) is 1. The molecule has 16 heteroatoms. The Morgan fingerprint density at radius 3 is 2.70 bits per heavy atom. The zero-order valence-corrected chi connectivity index (χ0v) is 23.9. The summed E-state index contributed by atoms with van der Waals surface area (Å²) in [7, 11) is -4.05. The normalized spacial score (nSPS) is 24.7. The average Bonchev–Trinajstić information content (AvgIpc) is 3.45. The Morgan fingerprint density at radius 2 is 2.00 bits per heavy atom. The Bertz CT molecular complexity index is 1370. The van der Waals surface area contributed by atoms with Gasteiger partial charge in [0.1, 0.15) is 29.7 Å². The summed E-state index contributed by atoms with van der Waals surface area (Å²) in [6.07, 6.45) is -1.08. The Labute approximate surface area is 234 Å². The summed E-state index contributed by atoms with van der Waals surface area (Å²) in [4.78, 5) is 24.5. The lowest BCUT2D eigenvalue weighted by Gasteiger charge is -2.27. The molecule has 4 rings (SSSR count). The van der Waals surface area contributed by atoms with Crippen molar-refractivity contribution in [2.45, 2.75) is 44.8 Å². The van der Waals surface area contributed by atoms with Gasteiger partial charge in [0, 0.05) is 11.4 Å². The van der Waals surface area contributed by atoms with E-state index in [1.165, 1.54) is 24.1 Å². The van der Waals surface area contributed by atoms with Crippen LogP contribution in [0.5, 0.6) is 0 Å². The largest absolute Gasteiger partial charge is 0.432 e. The van der Waals surface area contributed by atoms with E-state index in [9.17, 15) is 24.7 Å². The van der Waals surface area contributed by atoms with E-state index in [0.717, 1.165) is 11.8 Å². The van der Waals surface area contributed by atoms with Crippen LogP contribution in [0.2, 0.25) is 0 Å². The van der Waals surface area contributed by atoms with Crippen molar-refractivity contribution in [3.63, 3.8) is 0 Å². The number of nitrogen functional groups attached to an aromatic ring is 1. The molecular formula is C24H33N6O8PS. The number of benzene rings is 1. The summed E-state index contributed by atoms with van der Waals surface area (Å²) in [5.74, 6) is 0.302. The molecule has 5 atom stereocenters. The highest BCUT2D eigenvalue weighted by Gasteiger charge is 2.54. The number of hydrogen-bond donors (Lipinski definition) is 5. The number of carbonyl (C=O) groups excluding carboxylic acids is 1. The maximum absolute atomic E-state index is 13.7. The van der Waals surface area contributed by atoms with Crippen molar-refractivity contribution in [2.24, 2.45) is 5.41 Å². The molecule has 40 heavy (non-hydrogen) atoms. The van der Waals surface area contributed by atoms with Gasteiger partial charge in [-0.25, -0.2) is 19.5 Å². The number of thioether (sulfide) groups is 1. The second-order valence-corrected chi connectivity index (χ2v) is 12.9. The molecule has 3 heterocycles. The molecule has 0 radical (unpaired) electrons. The topological polar surface area (TPSA) is 204 Å². The van der Waals surface area contributed by atoms with Gasteiger partial charge in [0.2, 0.25) is 0 Å². The van der Waals surface area contributed by atoms with Crippen molar-refractivity contribution in [3.05, 3.63) is 43.0 Å². The minimum Gasteiger partial charge on any atom is -0.395 e. The number of hydrogen-bond acceptors (Lipinski definition) is 13. The molecule has 1 aromatic carbocycles. The van der Waals surface area contributed by atoms with E-state index in [1.807, 2.05) is 0 Å². The predicted molar refractivity (Wildman–Crippen MR) is 148 cm³/mol. The van der Waals surface area contributed by atoms with Gasteiger partial charge in [-0.05, 0) is 32.9 Å². The lowest BCUT2D eigenvalue weighted by Crippen LogP contribution is -2.44. The number of rotatable bonds is 12. The Hall–Kier alpha value is -2.62. The smallest absolute Gasteiger partial charge is 0.395 e. The number of anilines is 2. The maximum atomic E-state index is 13.7. The van der Waals surface area contributed by atoms with Crippen molar-refractivity contribution in [1.82, 2.24) is 19.5 Å². The molecule has 2 aromatic heterocycles. The molecule has 3 aromatic rings. The van der Waals surface area contributed by atoms with E-state index in [4.69, 9.17) is 19.5 Å². The van der Waals surface area contributed by atoms with E-state index in [1.54, 1.807) is 44.2 Å². The summed E-state index contributed by atoms with van der Waals surface area (Å²) in [6, 6.07) is 8.58. The van der Waals surface area contributed by atoms with Crippen molar-refractivity contribution in [2.75, 3.05) is 36.4 Å². The Balaban J connectivity index is 1.46. The van der Waals surface area contributed by atoms with Crippen LogP contribution in [0.1, 0.15) is 27.0 Å². The Morgan fingerprint density at radius 1 is 1.27 bits per heavy atom. The van der Waals surface area contributed by atoms with Gasteiger partial charge in [-0.3, -0.25) is 23.5 Å². The van der Waals surface area contributed by atoms with Gasteiger partial charge < -0.3 is 25.8 Å². The van der Waals surface area contributed by atoms with E-state index >= 15 is 0 Å². The fourth-order valence-electron chi connectivity index (χ4n) is 3.92. The molecule has 14 nitrogen and oxygen atoms in total. The second-order valence-electron chi connectivity index (χ2n) is 10.1. The number of aliphatic hydroxyl groups is 3. The van der Waals surface area contributed by atoms with E-state index in [0.29, 0.717) is 16.9 Å². The number of aromatic nitrogens is 4. The first-order valence-corrected chi connectivity index (χ1v) is 14.9. The average molecular weight is 597 g/mol. The molecule has 0 saturated carbocycles. The summed E-state index contributed by atoms with van der Waals surface area (Å²) in [6.45, 7) is 3.79. The third-order valence-electron chi connectivity index (χ3n) is 6.37. The van der Waals surface area contributed by atoms with Gasteiger partial charge in [0.15, 0.2) is 22.8 Å². The lowest BCUT2D eigenvalue weighted by molar-refractivity contribution is -0.119. The van der Waals surface area contributed by atoms with Crippen LogP contribution in [0.25, 0.3) is 11.2 Å². The summed E-state index contributed by atoms with van der Waals surface area (Å²) < 4.78 is 32.3. The highest BCUT2D eigenvalue weighted by atomic mass is 32.2. The second kappa shape index (κ2) is 12.1. The molecular weight excluding hydrogens is 563 g/mol. The minimum absolute atomic E-state index is 0.119. The molecule has 0 amide bonds. The molecule has 1 fully saturated rings. The number of nitrogens with zero attached hydrogens (tertiary/aromatic N) is 4. The fraction of sp³-hybridized carbons (Fsp3) is 0.500. The van der Waals surface area contributed by atoms with Crippen molar-refractivity contribution >= 4 is 47.3 Å². The molecule has 1 saturated heterocycles. The SMILES string of the molecule is CC(C)(CO)C(=O)SCCOP(=O)(Nc1ccccc1)OC[C@H]1O[C@@H](n2cnc3c(N)ncnc32)[C@](C)(O)[C@@H]1O. The first-order valence-electron chi connectivity index (χ1n) is 12.4. The van der Waals surface area contributed by atoms with Crippen LogP contribution in [0.3, 0.4) is 0 Å².